The van der Waals surface area contributed by atoms with Gasteiger partial charge in [-0.05, 0) is 24.1 Å². The van der Waals surface area contributed by atoms with E-state index >= 15 is 0 Å². The topological polar surface area (TPSA) is 50.7 Å². The third-order valence-corrected chi connectivity index (χ3v) is 1.85. The molecule has 0 aliphatic heterocycles. The van der Waals surface area contributed by atoms with Crippen molar-refractivity contribution in [2.24, 2.45) is 0 Å². The number of aliphatic hydroxyl groups excluding tert-OH is 1. The summed E-state index contributed by atoms with van der Waals surface area (Å²) in [7, 11) is -3.19. The predicted octanol–water partition coefficient (Wildman–Crippen LogP) is 1.61. The first-order valence-corrected chi connectivity index (χ1v) is 5.47. The van der Waals surface area contributed by atoms with Gasteiger partial charge in [0.2, 0.25) is 0 Å². The van der Waals surface area contributed by atoms with Gasteiger partial charge in [-0.15, -0.1) is 0 Å². The second-order valence-corrected chi connectivity index (χ2v) is 3.75. The highest BCUT2D eigenvalue weighted by molar-refractivity contribution is 5.27. The molecule has 0 aliphatic rings. The van der Waals surface area contributed by atoms with Crippen molar-refractivity contribution in [2.75, 3.05) is 26.7 Å². The van der Waals surface area contributed by atoms with Gasteiger partial charge in [0.25, 0.3) is 0 Å². The summed E-state index contributed by atoms with van der Waals surface area (Å²) in [6.45, 7) is -6.34. The number of rotatable bonds is 9. The van der Waals surface area contributed by atoms with E-state index in [9.17, 15) is 5.11 Å². The first kappa shape index (κ1) is 5.72. The Morgan fingerprint density at radius 1 is 1.42 bits per heavy atom. The fourth-order valence-corrected chi connectivity index (χ4v) is 1.06. The normalized spacial score (nSPS) is 26.3. The highest BCUT2D eigenvalue weighted by Gasteiger charge is 2.05. The SMILES string of the molecule is [2H]C(C)(C)NC([2H])([2H])C(O)C([2H])([2H])Oc1ccc(C([2H])([2H])C([2H])([2H])OC([2H])([2H])[2H])cc1. The van der Waals surface area contributed by atoms with Gasteiger partial charge >= 0.3 is 0 Å². The largest absolute Gasteiger partial charge is 0.491 e. The van der Waals surface area contributed by atoms with E-state index in [2.05, 4.69) is 10.1 Å². The number of hydrogen-bond acceptors (Lipinski definition) is 4. The molecule has 1 aromatic carbocycles. The van der Waals surface area contributed by atoms with Crippen molar-refractivity contribution in [2.45, 2.75) is 32.3 Å². The Morgan fingerprint density at radius 3 is 2.79 bits per heavy atom. The second-order valence-electron chi connectivity index (χ2n) is 3.75. The van der Waals surface area contributed by atoms with Crippen molar-refractivity contribution < 1.29 is 31.0 Å². The molecular formula is C15H25NO3. The van der Waals surface area contributed by atoms with Gasteiger partial charge in [0, 0.05) is 26.4 Å². The van der Waals surface area contributed by atoms with E-state index in [0.29, 0.717) is 0 Å². The molecule has 1 unspecified atom stereocenters. The summed E-state index contributed by atoms with van der Waals surface area (Å²) < 4.78 is 100. The minimum Gasteiger partial charge on any atom is -0.491 e. The summed E-state index contributed by atoms with van der Waals surface area (Å²) in [4.78, 5) is 0. The summed E-state index contributed by atoms with van der Waals surface area (Å²) in [5.41, 5.74) is -0.330. The first-order valence-electron chi connectivity index (χ1n) is 11.5. The molecule has 2 N–H and O–H groups in total. The van der Waals surface area contributed by atoms with Crippen molar-refractivity contribution in [3.8, 4) is 5.75 Å². The molecule has 0 spiro atoms. The lowest BCUT2D eigenvalue weighted by Crippen LogP contribution is -2.35. The average Bonchev–Trinajstić information content (AvgIpc) is 2.49. The van der Waals surface area contributed by atoms with E-state index in [4.69, 9.17) is 21.2 Å². The number of benzene rings is 1. The number of hydrogen-bond donors (Lipinski definition) is 2. The molecule has 4 nitrogen and oxygen atoms in total. The molecule has 1 atom stereocenters. The van der Waals surface area contributed by atoms with E-state index in [1.165, 1.54) is 13.8 Å². The number of nitrogens with one attached hydrogen (secondary N) is 1. The highest BCUT2D eigenvalue weighted by atomic mass is 16.5. The van der Waals surface area contributed by atoms with E-state index in [-0.39, 0.29) is 11.3 Å². The smallest absolute Gasteiger partial charge is 0.119 e. The van der Waals surface area contributed by atoms with Crippen LogP contribution in [-0.2, 0) is 11.1 Å². The van der Waals surface area contributed by atoms with Crippen LogP contribution in [0.3, 0.4) is 0 Å². The molecule has 19 heavy (non-hydrogen) atoms. The third-order valence-electron chi connectivity index (χ3n) is 1.85. The van der Waals surface area contributed by atoms with E-state index < -0.39 is 45.1 Å². The molecule has 0 bridgehead atoms. The summed E-state index contributed by atoms with van der Waals surface area (Å²) in [5.74, 6) is -0.248. The minimum atomic E-state index is -3.23. The maximum atomic E-state index is 10.1. The van der Waals surface area contributed by atoms with Gasteiger partial charge in [-0.1, -0.05) is 26.0 Å². The summed E-state index contributed by atoms with van der Waals surface area (Å²) in [6, 6.07) is 2.58. The fourth-order valence-electron chi connectivity index (χ4n) is 1.06. The molecule has 0 aliphatic carbocycles. The maximum absolute atomic E-state index is 10.1. The summed E-state index contributed by atoms with van der Waals surface area (Å²) in [6.07, 6.45) is -5.27. The van der Waals surface area contributed by atoms with Crippen LogP contribution in [0.5, 0.6) is 5.75 Å². The Labute approximate surface area is 132 Å². The molecule has 0 saturated carbocycles. The van der Waals surface area contributed by atoms with Crippen LogP contribution >= 0.6 is 0 Å². The van der Waals surface area contributed by atoms with Gasteiger partial charge in [-0.2, -0.15) is 0 Å². The van der Waals surface area contributed by atoms with Crippen molar-refractivity contribution in [1.29, 1.82) is 0 Å². The van der Waals surface area contributed by atoms with Crippen LogP contribution in [-0.4, -0.2) is 43.9 Å². The van der Waals surface area contributed by atoms with Crippen LogP contribution in [0.1, 0.15) is 35.9 Å². The predicted molar refractivity (Wildman–Crippen MR) is 76.7 cm³/mol. The Morgan fingerprint density at radius 2 is 2.16 bits per heavy atom. The molecule has 0 aromatic heterocycles. The standard InChI is InChI=1S/C15H25NO3/c1-12(2)16-10-14(17)11-19-15-6-4-13(5-7-15)8-9-18-3/h4-7,12,14,16-17H,8-11H2,1-3H3/i3D3,8D2,9D2,10D2,11D2,12D. The van der Waals surface area contributed by atoms with Crippen molar-refractivity contribution in [3.05, 3.63) is 29.8 Å². The van der Waals surface area contributed by atoms with Crippen LogP contribution in [0.15, 0.2) is 24.3 Å². The van der Waals surface area contributed by atoms with E-state index in [1.54, 1.807) is 0 Å². The summed E-state index contributed by atoms with van der Waals surface area (Å²) in [5, 5.41) is 12.3. The minimum absolute atomic E-state index is 0.248. The van der Waals surface area contributed by atoms with Gasteiger partial charge in [-0.25, -0.2) is 0 Å². The number of methoxy groups -OCH3 is 1. The van der Waals surface area contributed by atoms with Crippen molar-refractivity contribution >= 4 is 0 Å². The first-order chi connectivity index (χ1) is 13.5. The molecule has 1 rings (SSSR count). The van der Waals surface area contributed by atoms with Crippen molar-refractivity contribution in [1.82, 2.24) is 5.32 Å². The van der Waals surface area contributed by atoms with Gasteiger partial charge in [0.15, 0.2) is 0 Å². The molecule has 0 heterocycles. The molecule has 4 heteroatoms. The second kappa shape index (κ2) is 8.91. The van der Waals surface area contributed by atoms with E-state index in [1.807, 2.05) is 0 Å². The molecule has 0 radical (unpaired) electrons. The number of ether oxygens (including phenoxy) is 2. The van der Waals surface area contributed by atoms with Crippen molar-refractivity contribution in [3.63, 3.8) is 0 Å². The quantitative estimate of drug-likeness (QED) is 0.721. The zero-order valence-corrected chi connectivity index (χ0v) is 10.7. The molecular weight excluding hydrogens is 242 g/mol. The molecule has 108 valence electrons. The number of aliphatic hydroxyl groups is 1. The Balaban J connectivity index is 3.06. The highest BCUT2D eigenvalue weighted by Crippen LogP contribution is 2.12. The van der Waals surface area contributed by atoms with E-state index in [0.717, 1.165) is 24.3 Å². The maximum Gasteiger partial charge on any atom is 0.119 e. The lowest BCUT2D eigenvalue weighted by atomic mass is 10.1. The van der Waals surface area contributed by atoms with Crippen LogP contribution in [0.4, 0.5) is 0 Å². The summed E-state index contributed by atoms with van der Waals surface area (Å²) >= 11 is 0. The van der Waals surface area contributed by atoms with Crippen LogP contribution in [0, 0.1) is 0 Å². The molecule has 0 amide bonds. The van der Waals surface area contributed by atoms with Gasteiger partial charge in [0.05, 0.1) is 16.2 Å². The average molecular weight is 279 g/mol. The Hall–Kier alpha value is -1.10. The third kappa shape index (κ3) is 7.15. The lowest BCUT2D eigenvalue weighted by Gasteiger charge is -2.15. The van der Waals surface area contributed by atoms with Gasteiger partial charge < -0.3 is 19.9 Å². The monoisotopic (exact) mass is 279 g/mol. The molecule has 1 aromatic rings. The zero-order chi connectivity index (χ0) is 24.7. The van der Waals surface area contributed by atoms with Crippen LogP contribution in [0.2, 0.25) is 0 Å². The Kier molecular flexibility index (Phi) is 2.68. The molecule has 0 saturated heterocycles. The molecule has 0 fully saturated rings. The number of aryl methyl sites for hydroxylation is 1. The van der Waals surface area contributed by atoms with Gasteiger partial charge in [-0.3, -0.25) is 0 Å². The Bertz CT molecular complexity index is 743. The zero-order valence-electron chi connectivity index (χ0n) is 22.7. The van der Waals surface area contributed by atoms with Gasteiger partial charge in [0.1, 0.15) is 18.4 Å². The lowest BCUT2D eigenvalue weighted by molar-refractivity contribution is 0.104. The van der Waals surface area contributed by atoms with Crippen LogP contribution in [0.25, 0.3) is 0 Å². The van der Waals surface area contributed by atoms with Crippen LogP contribution < -0.4 is 10.1 Å². The fraction of sp³-hybridized carbons (Fsp3) is 0.600.